The Morgan fingerprint density at radius 1 is 1.24 bits per heavy atom. The Kier molecular flexibility index (Phi) is 4.22. The predicted octanol–water partition coefficient (Wildman–Crippen LogP) is 4.21. The van der Waals surface area contributed by atoms with Gasteiger partial charge in [0.15, 0.2) is 0 Å². The van der Waals surface area contributed by atoms with Gasteiger partial charge in [0.25, 0.3) is 0 Å². The minimum absolute atomic E-state index is 0.0916. The second-order valence-corrected chi connectivity index (χ2v) is 5.18. The summed E-state index contributed by atoms with van der Waals surface area (Å²) in [4.78, 5) is 0. The van der Waals surface area contributed by atoms with Gasteiger partial charge in [-0.15, -0.1) is 0 Å². The zero-order chi connectivity index (χ0) is 12.1. The molecule has 0 saturated carbocycles. The van der Waals surface area contributed by atoms with Gasteiger partial charge in [-0.1, -0.05) is 50.6 Å². The van der Waals surface area contributed by atoms with Crippen LogP contribution in [0.15, 0.2) is 30.3 Å². The maximum Gasteiger partial charge on any atom is 0.0747 e. The highest BCUT2D eigenvalue weighted by molar-refractivity contribution is 5.18. The molecule has 0 N–H and O–H groups in total. The van der Waals surface area contributed by atoms with Gasteiger partial charge in [0, 0.05) is 13.0 Å². The zero-order valence-corrected chi connectivity index (χ0v) is 11.1. The lowest BCUT2D eigenvalue weighted by molar-refractivity contribution is -0.122. The van der Waals surface area contributed by atoms with Gasteiger partial charge < -0.3 is 4.74 Å². The van der Waals surface area contributed by atoms with Gasteiger partial charge in [-0.25, -0.2) is 0 Å². The first-order valence-corrected chi connectivity index (χ1v) is 6.98. The van der Waals surface area contributed by atoms with Gasteiger partial charge in [0.1, 0.15) is 0 Å². The van der Waals surface area contributed by atoms with E-state index in [9.17, 15) is 0 Å². The second-order valence-electron chi connectivity index (χ2n) is 5.18. The Morgan fingerprint density at radius 2 is 2.00 bits per heavy atom. The molecule has 0 aromatic heterocycles. The number of hydrogen-bond donors (Lipinski definition) is 0. The standard InChI is InChI=1S/C16H24O/c1-3-15-11-8-12-17-16(15,4-2)13-14-9-6-5-7-10-14/h5-7,9-10,15H,3-4,8,11-13H2,1-2H3. The van der Waals surface area contributed by atoms with Crippen molar-refractivity contribution < 1.29 is 4.74 Å². The molecule has 1 heterocycles. The van der Waals surface area contributed by atoms with Gasteiger partial charge in [0.2, 0.25) is 0 Å². The molecule has 94 valence electrons. The SMILES string of the molecule is CCC1CCCOC1(CC)Cc1ccccc1. The minimum atomic E-state index is 0.0916. The summed E-state index contributed by atoms with van der Waals surface area (Å²) in [6.45, 7) is 5.52. The number of rotatable bonds is 4. The third-order valence-corrected chi connectivity index (χ3v) is 4.27. The molecule has 1 fully saturated rings. The van der Waals surface area contributed by atoms with Gasteiger partial charge >= 0.3 is 0 Å². The Bertz CT molecular complexity index is 333. The van der Waals surface area contributed by atoms with Crippen molar-refractivity contribution in [3.8, 4) is 0 Å². The molecule has 2 unspecified atom stereocenters. The molecule has 0 bridgehead atoms. The molecule has 0 amide bonds. The number of benzene rings is 1. The van der Waals surface area contributed by atoms with Crippen LogP contribution >= 0.6 is 0 Å². The zero-order valence-electron chi connectivity index (χ0n) is 11.1. The molecule has 1 aliphatic heterocycles. The lowest BCUT2D eigenvalue weighted by Crippen LogP contribution is -2.45. The van der Waals surface area contributed by atoms with Crippen molar-refractivity contribution in [1.82, 2.24) is 0 Å². The van der Waals surface area contributed by atoms with Crippen molar-refractivity contribution in [3.63, 3.8) is 0 Å². The van der Waals surface area contributed by atoms with Crippen LogP contribution in [0.4, 0.5) is 0 Å². The predicted molar refractivity (Wildman–Crippen MR) is 72.1 cm³/mol. The van der Waals surface area contributed by atoms with Crippen LogP contribution in [0.1, 0.15) is 45.1 Å². The quantitative estimate of drug-likeness (QED) is 0.755. The average molecular weight is 232 g/mol. The van der Waals surface area contributed by atoms with Crippen LogP contribution in [0.5, 0.6) is 0 Å². The van der Waals surface area contributed by atoms with Crippen LogP contribution in [0.3, 0.4) is 0 Å². The number of ether oxygens (including phenoxy) is 1. The van der Waals surface area contributed by atoms with E-state index >= 15 is 0 Å². The van der Waals surface area contributed by atoms with Crippen LogP contribution < -0.4 is 0 Å². The summed E-state index contributed by atoms with van der Waals surface area (Å²) in [7, 11) is 0. The molecule has 17 heavy (non-hydrogen) atoms. The highest BCUT2D eigenvalue weighted by Gasteiger charge is 2.39. The second kappa shape index (κ2) is 5.68. The van der Waals surface area contributed by atoms with Crippen molar-refractivity contribution >= 4 is 0 Å². The van der Waals surface area contributed by atoms with Gasteiger partial charge in [-0.2, -0.15) is 0 Å². The summed E-state index contributed by atoms with van der Waals surface area (Å²) in [6, 6.07) is 10.8. The van der Waals surface area contributed by atoms with Gasteiger partial charge in [0.05, 0.1) is 5.60 Å². The van der Waals surface area contributed by atoms with Crippen molar-refractivity contribution in [2.75, 3.05) is 6.61 Å². The molecule has 1 aromatic rings. The molecule has 1 aliphatic rings. The van der Waals surface area contributed by atoms with E-state index in [0.29, 0.717) is 0 Å². The van der Waals surface area contributed by atoms with Crippen LogP contribution in [-0.4, -0.2) is 12.2 Å². The summed E-state index contributed by atoms with van der Waals surface area (Å²) in [5.41, 5.74) is 1.50. The Labute approximate surface area is 105 Å². The third-order valence-electron chi connectivity index (χ3n) is 4.27. The molecule has 0 radical (unpaired) electrons. The molecule has 2 atom stereocenters. The molecular formula is C16H24O. The van der Waals surface area contributed by atoms with Crippen molar-refractivity contribution in [2.24, 2.45) is 5.92 Å². The molecule has 0 spiro atoms. The van der Waals surface area contributed by atoms with Crippen molar-refractivity contribution in [3.05, 3.63) is 35.9 Å². The minimum Gasteiger partial charge on any atom is -0.374 e. The fourth-order valence-electron chi connectivity index (χ4n) is 3.21. The molecule has 2 rings (SSSR count). The fourth-order valence-corrected chi connectivity index (χ4v) is 3.21. The van der Waals surface area contributed by atoms with Gasteiger partial charge in [-0.05, 0) is 30.7 Å². The van der Waals surface area contributed by atoms with E-state index in [1.165, 1.54) is 24.8 Å². The molecule has 0 aliphatic carbocycles. The first-order chi connectivity index (χ1) is 8.30. The molecule has 1 heteroatoms. The van der Waals surface area contributed by atoms with E-state index < -0.39 is 0 Å². The van der Waals surface area contributed by atoms with E-state index in [-0.39, 0.29) is 5.60 Å². The first-order valence-electron chi connectivity index (χ1n) is 6.98. The summed E-state index contributed by atoms with van der Waals surface area (Å²) >= 11 is 0. The van der Waals surface area contributed by atoms with Crippen LogP contribution in [0.2, 0.25) is 0 Å². The third kappa shape index (κ3) is 2.71. The molecule has 1 saturated heterocycles. The molecule has 1 nitrogen and oxygen atoms in total. The van der Waals surface area contributed by atoms with E-state index in [2.05, 4.69) is 44.2 Å². The topological polar surface area (TPSA) is 9.23 Å². The largest absolute Gasteiger partial charge is 0.374 e. The van der Waals surface area contributed by atoms with Crippen molar-refractivity contribution in [1.29, 1.82) is 0 Å². The maximum absolute atomic E-state index is 6.22. The van der Waals surface area contributed by atoms with E-state index in [4.69, 9.17) is 4.74 Å². The van der Waals surface area contributed by atoms with E-state index in [1.54, 1.807) is 0 Å². The smallest absolute Gasteiger partial charge is 0.0747 e. The monoisotopic (exact) mass is 232 g/mol. The lowest BCUT2D eigenvalue weighted by atomic mass is 9.75. The maximum atomic E-state index is 6.22. The summed E-state index contributed by atoms with van der Waals surface area (Å²) in [5.74, 6) is 0.724. The summed E-state index contributed by atoms with van der Waals surface area (Å²) in [5, 5.41) is 0. The lowest BCUT2D eigenvalue weighted by Gasteiger charge is -2.43. The van der Waals surface area contributed by atoms with E-state index in [0.717, 1.165) is 25.4 Å². The normalized spacial score (nSPS) is 29.2. The van der Waals surface area contributed by atoms with Crippen LogP contribution in [0.25, 0.3) is 0 Å². The van der Waals surface area contributed by atoms with Gasteiger partial charge in [-0.3, -0.25) is 0 Å². The Morgan fingerprint density at radius 3 is 2.65 bits per heavy atom. The van der Waals surface area contributed by atoms with Crippen LogP contribution in [-0.2, 0) is 11.2 Å². The summed E-state index contributed by atoms with van der Waals surface area (Å²) in [6.07, 6.45) is 6.00. The Balaban J connectivity index is 2.17. The number of hydrogen-bond acceptors (Lipinski definition) is 1. The van der Waals surface area contributed by atoms with Crippen LogP contribution in [0, 0.1) is 5.92 Å². The Hall–Kier alpha value is -0.820. The summed E-state index contributed by atoms with van der Waals surface area (Å²) < 4.78 is 6.22. The first kappa shape index (κ1) is 12.6. The average Bonchev–Trinajstić information content (AvgIpc) is 2.40. The highest BCUT2D eigenvalue weighted by Crippen LogP contribution is 2.38. The fraction of sp³-hybridized carbons (Fsp3) is 0.625. The highest BCUT2D eigenvalue weighted by atomic mass is 16.5. The van der Waals surface area contributed by atoms with E-state index in [1.807, 2.05) is 0 Å². The molecule has 1 aromatic carbocycles. The molecular weight excluding hydrogens is 208 g/mol. The van der Waals surface area contributed by atoms with Crippen molar-refractivity contribution in [2.45, 2.75) is 51.6 Å².